The Hall–Kier alpha value is -4.10. The van der Waals surface area contributed by atoms with Crippen molar-refractivity contribution in [2.45, 2.75) is 25.4 Å². The van der Waals surface area contributed by atoms with Crippen molar-refractivity contribution < 1.29 is 13.6 Å². The van der Waals surface area contributed by atoms with Gasteiger partial charge in [-0.05, 0) is 36.6 Å². The van der Waals surface area contributed by atoms with Gasteiger partial charge in [0.15, 0.2) is 0 Å². The van der Waals surface area contributed by atoms with Gasteiger partial charge in [0.05, 0.1) is 17.5 Å². The molecule has 0 aliphatic carbocycles. The van der Waals surface area contributed by atoms with Crippen molar-refractivity contribution in [3.05, 3.63) is 65.8 Å². The fourth-order valence-corrected chi connectivity index (χ4v) is 4.54. The first-order valence-corrected chi connectivity index (χ1v) is 11.2. The fraction of sp³-hybridized carbons (Fsp3) is 0.280. The number of nitrogens with zero attached hydrogens (tertiary/aromatic N) is 6. The van der Waals surface area contributed by atoms with Gasteiger partial charge in [0.2, 0.25) is 17.5 Å². The zero-order chi connectivity index (χ0) is 24.7. The molecule has 2 aromatic carbocycles. The van der Waals surface area contributed by atoms with Crippen molar-refractivity contribution in [1.29, 1.82) is 0 Å². The molecule has 1 atom stereocenters. The molecule has 1 aliphatic rings. The second-order valence-corrected chi connectivity index (χ2v) is 8.76. The molecular formula is C25H23F2N7O. The van der Waals surface area contributed by atoms with Gasteiger partial charge in [-0.25, -0.2) is 9.24 Å². The summed E-state index contributed by atoms with van der Waals surface area (Å²) in [6.07, 6.45) is 3.44. The summed E-state index contributed by atoms with van der Waals surface area (Å²) in [5.41, 5.74) is 8.68. The molecule has 35 heavy (non-hydrogen) atoms. The Kier molecular flexibility index (Phi) is 5.78. The maximum absolute atomic E-state index is 14.4. The van der Waals surface area contributed by atoms with E-state index in [-0.39, 0.29) is 24.2 Å². The number of hydrogen-bond acceptors (Lipinski definition) is 4. The average molecular weight is 476 g/mol. The van der Waals surface area contributed by atoms with Crippen LogP contribution in [0.25, 0.3) is 38.1 Å². The van der Waals surface area contributed by atoms with E-state index in [4.69, 9.17) is 12.3 Å². The van der Waals surface area contributed by atoms with E-state index in [2.05, 4.69) is 15.0 Å². The minimum absolute atomic E-state index is 0.00810. The van der Waals surface area contributed by atoms with Crippen LogP contribution in [0.3, 0.4) is 0 Å². The molecule has 178 valence electrons. The number of hydrogen-bond donors (Lipinski definition) is 1. The third kappa shape index (κ3) is 4.26. The molecule has 3 heterocycles. The van der Waals surface area contributed by atoms with Gasteiger partial charge in [-0.2, -0.15) is 9.49 Å². The van der Waals surface area contributed by atoms with Gasteiger partial charge >= 0.3 is 0 Å². The lowest BCUT2D eigenvalue weighted by molar-refractivity contribution is -0.133. The number of halogens is 2. The summed E-state index contributed by atoms with van der Waals surface area (Å²) >= 11 is 0. The number of piperidine rings is 1. The summed E-state index contributed by atoms with van der Waals surface area (Å²) in [6, 6.07) is 9.44. The summed E-state index contributed by atoms with van der Waals surface area (Å²) in [7, 11) is 1.66. The lowest BCUT2D eigenvalue weighted by Crippen LogP contribution is -2.46. The monoisotopic (exact) mass is 475 g/mol. The molecule has 0 radical (unpaired) electrons. The van der Waals surface area contributed by atoms with E-state index in [0.29, 0.717) is 46.4 Å². The van der Waals surface area contributed by atoms with Crippen molar-refractivity contribution in [2.75, 3.05) is 13.1 Å². The van der Waals surface area contributed by atoms with E-state index in [1.165, 1.54) is 21.5 Å². The van der Waals surface area contributed by atoms with Crippen LogP contribution in [0.1, 0.15) is 12.8 Å². The molecule has 1 saturated heterocycles. The summed E-state index contributed by atoms with van der Waals surface area (Å²) in [5.74, 6) is -1.36. The van der Waals surface area contributed by atoms with Crippen molar-refractivity contribution in [3.63, 3.8) is 0 Å². The molecule has 8 nitrogen and oxygen atoms in total. The molecule has 10 heteroatoms. The predicted molar refractivity (Wildman–Crippen MR) is 127 cm³/mol. The second-order valence-electron chi connectivity index (χ2n) is 8.76. The fourth-order valence-electron chi connectivity index (χ4n) is 4.54. The Morgan fingerprint density at radius 1 is 1.20 bits per heavy atom. The highest BCUT2D eigenvalue weighted by molar-refractivity contribution is 5.89. The van der Waals surface area contributed by atoms with Crippen LogP contribution in [0.5, 0.6) is 0 Å². The van der Waals surface area contributed by atoms with Crippen LogP contribution in [0.4, 0.5) is 14.5 Å². The molecule has 4 aromatic rings. The Morgan fingerprint density at radius 2 is 2.00 bits per heavy atom. The molecule has 0 spiro atoms. The highest BCUT2D eigenvalue weighted by Crippen LogP contribution is 2.35. The number of fused-ring (bicyclic) bond motifs is 1. The number of benzene rings is 2. The number of likely N-dealkylation sites (tertiary alicyclic amines) is 1. The smallest absolute Gasteiger partial charge is 0.244 e. The van der Waals surface area contributed by atoms with Crippen molar-refractivity contribution in [3.8, 4) is 22.4 Å². The van der Waals surface area contributed by atoms with Gasteiger partial charge in [-0.3, -0.25) is 14.2 Å². The van der Waals surface area contributed by atoms with E-state index in [0.717, 1.165) is 12.8 Å². The van der Waals surface area contributed by atoms with E-state index in [9.17, 15) is 13.6 Å². The Bertz CT molecular complexity index is 1480. The number of nitrogens with two attached hydrogens (primary N) is 1. The minimum atomic E-state index is -0.662. The van der Waals surface area contributed by atoms with E-state index in [1.54, 1.807) is 36.3 Å². The van der Waals surface area contributed by atoms with Crippen LogP contribution in [0, 0.1) is 18.3 Å². The number of aryl methyl sites for hydroxylation is 1. The summed E-state index contributed by atoms with van der Waals surface area (Å²) in [4.78, 5) is 17.8. The Labute approximate surface area is 200 Å². The maximum Gasteiger partial charge on any atom is 0.244 e. The molecule has 1 fully saturated rings. The van der Waals surface area contributed by atoms with Gasteiger partial charge in [-0.1, -0.05) is 18.2 Å². The van der Waals surface area contributed by atoms with Crippen molar-refractivity contribution >= 4 is 22.5 Å². The van der Waals surface area contributed by atoms with Gasteiger partial charge in [0.1, 0.15) is 18.1 Å². The number of aromatic nitrogens is 4. The van der Waals surface area contributed by atoms with Crippen LogP contribution in [0.15, 0.2) is 42.6 Å². The van der Waals surface area contributed by atoms with Crippen molar-refractivity contribution in [1.82, 2.24) is 24.5 Å². The molecule has 2 N–H and O–H groups in total. The maximum atomic E-state index is 14.4. The number of rotatable bonds is 4. The number of carbonyl (C=O) groups is 1. The average Bonchev–Trinajstić information content (AvgIpc) is 3.39. The third-order valence-corrected chi connectivity index (χ3v) is 6.33. The Balaban J connectivity index is 1.57. The lowest BCUT2D eigenvalue weighted by Gasteiger charge is -2.30. The van der Waals surface area contributed by atoms with Gasteiger partial charge in [-0.15, -0.1) is 5.10 Å². The zero-order valence-electron chi connectivity index (χ0n) is 19.1. The van der Waals surface area contributed by atoms with E-state index in [1.807, 2.05) is 6.07 Å². The lowest BCUT2D eigenvalue weighted by atomic mass is 10.0. The summed E-state index contributed by atoms with van der Waals surface area (Å²) < 4.78 is 31.8. The van der Waals surface area contributed by atoms with Gasteiger partial charge in [0.25, 0.3) is 0 Å². The van der Waals surface area contributed by atoms with Crippen LogP contribution in [0.2, 0.25) is 0 Å². The highest BCUT2D eigenvalue weighted by Gasteiger charge is 2.23. The minimum Gasteiger partial charge on any atom is -0.340 e. The van der Waals surface area contributed by atoms with Crippen LogP contribution >= 0.6 is 0 Å². The molecule has 1 amide bonds. The zero-order valence-corrected chi connectivity index (χ0v) is 19.1. The third-order valence-electron chi connectivity index (χ3n) is 6.33. The van der Waals surface area contributed by atoms with E-state index >= 15 is 0 Å². The first-order valence-electron chi connectivity index (χ1n) is 11.2. The highest BCUT2D eigenvalue weighted by atomic mass is 19.1. The largest absolute Gasteiger partial charge is 0.340 e. The normalized spacial score (nSPS) is 16.0. The van der Waals surface area contributed by atoms with Gasteiger partial charge in [0, 0.05) is 43.5 Å². The van der Waals surface area contributed by atoms with Crippen LogP contribution in [-0.2, 0) is 18.4 Å². The topological polar surface area (TPSA) is 86.3 Å². The van der Waals surface area contributed by atoms with Crippen molar-refractivity contribution in [2.24, 2.45) is 12.8 Å². The van der Waals surface area contributed by atoms with E-state index < -0.39 is 11.8 Å². The van der Waals surface area contributed by atoms with Gasteiger partial charge < -0.3 is 10.6 Å². The standard InChI is InChI=1S/C25H23F2N7O/c1-29-21-7-5-16(11-20(21)26)24-19(15-6-8-22-18(10-15)25(27)31-32(22)2)13-34(30-24)14-23(35)33-9-3-4-17(28)12-33/h5-8,10-11,13,17H,3-4,9,12,14,28H2,2H3/t17-/m1/s1. The first-order chi connectivity index (χ1) is 16.8. The molecule has 0 unspecified atom stereocenters. The first kappa shape index (κ1) is 22.7. The van der Waals surface area contributed by atoms with Crippen LogP contribution < -0.4 is 5.73 Å². The van der Waals surface area contributed by atoms with Crippen LogP contribution in [-0.4, -0.2) is 49.5 Å². The molecule has 5 rings (SSSR count). The quantitative estimate of drug-likeness (QED) is 0.454. The molecular weight excluding hydrogens is 452 g/mol. The number of amides is 1. The molecule has 0 bridgehead atoms. The summed E-state index contributed by atoms with van der Waals surface area (Å²) in [5, 5.41) is 8.77. The number of carbonyl (C=O) groups excluding carboxylic acids is 1. The molecule has 0 saturated carbocycles. The predicted octanol–water partition coefficient (Wildman–Crippen LogP) is 3.88. The SMILES string of the molecule is [C-]#[N+]c1ccc(-c2nn(CC(=O)N3CCC[C@@H](N)C3)cc2-c2ccc3c(c2)c(F)nn3C)cc1F. The molecule has 1 aliphatic heterocycles. The summed E-state index contributed by atoms with van der Waals surface area (Å²) in [6.45, 7) is 8.24. The molecule has 2 aromatic heterocycles. The Morgan fingerprint density at radius 3 is 2.74 bits per heavy atom. The second kappa shape index (κ2) is 8.92.